The standard InChI is InChI=1S/C40H40N2O9Si/c1-4-40(51-39(46)50-24-26-12-6-5-7-13-26)31-22-33-35-29(23-42(33)36(43)30(31)25-49-38(40)45)27(28-14-8-9-15-32(28)41-35)17-21-52(2,3)20-11-19-48-37(44)34-16-10-18-47-34/h5-10,12-16,18,22H,4,11,17,19-21,23-25H2,1-3H3/t40-/m0/s1. The van der Waals surface area contributed by atoms with Crippen LogP contribution in [0.25, 0.3) is 22.3 Å². The molecule has 7 rings (SSSR count). The number of pyridine rings is 2. The summed E-state index contributed by atoms with van der Waals surface area (Å²) < 4.78 is 28.9. The zero-order chi connectivity index (χ0) is 36.5. The van der Waals surface area contributed by atoms with E-state index in [4.69, 9.17) is 28.3 Å². The number of rotatable bonds is 12. The highest BCUT2D eigenvalue weighted by Crippen LogP contribution is 2.42. The van der Waals surface area contributed by atoms with E-state index in [2.05, 4.69) is 19.2 Å². The smallest absolute Gasteiger partial charge is 0.460 e. The molecule has 0 saturated carbocycles. The van der Waals surface area contributed by atoms with E-state index in [1.807, 2.05) is 48.5 Å². The summed E-state index contributed by atoms with van der Waals surface area (Å²) >= 11 is 0. The van der Waals surface area contributed by atoms with E-state index in [0.717, 1.165) is 52.5 Å². The third-order valence-electron chi connectivity index (χ3n) is 10.1. The van der Waals surface area contributed by atoms with Crippen LogP contribution in [0, 0.1) is 0 Å². The normalized spacial score (nSPS) is 16.1. The average Bonchev–Trinajstić information content (AvgIpc) is 3.82. The van der Waals surface area contributed by atoms with Crippen LogP contribution in [0.1, 0.15) is 58.1 Å². The van der Waals surface area contributed by atoms with Gasteiger partial charge in [-0.3, -0.25) is 4.79 Å². The van der Waals surface area contributed by atoms with Gasteiger partial charge >= 0.3 is 18.1 Å². The van der Waals surface area contributed by atoms with Crippen LogP contribution in [0.2, 0.25) is 25.2 Å². The first-order valence-corrected chi connectivity index (χ1v) is 21.0. The molecule has 1 atom stereocenters. The predicted octanol–water partition coefficient (Wildman–Crippen LogP) is 7.53. The van der Waals surface area contributed by atoms with Crippen molar-refractivity contribution in [3.63, 3.8) is 0 Å². The molecule has 11 nitrogen and oxygen atoms in total. The Morgan fingerprint density at radius 3 is 2.52 bits per heavy atom. The lowest BCUT2D eigenvalue weighted by molar-refractivity contribution is -0.175. The summed E-state index contributed by atoms with van der Waals surface area (Å²) in [7, 11) is -1.75. The molecule has 12 heteroatoms. The van der Waals surface area contributed by atoms with Crippen LogP contribution < -0.4 is 5.56 Å². The summed E-state index contributed by atoms with van der Waals surface area (Å²) in [6, 6.07) is 24.1. The van der Waals surface area contributed by atoms with Gasteiger partial charge in [0.1, 0.15) is 13.2 Å². The summed E-state index contributed by atoms with van der Waals surface area (Å²) in [6.07, 6.45) is 1.99. The van der Waals surface area contributed by atoms with Crippen LogP contribution in [0.5, 0.6) is 0 Å². The largest absolute Gasteiger partial charge is 0.510 e. The van der Waals surface area contributed by atoms with Crippen LogP contribution in [0.4, 0.5) is 4.79 Å². The van der Waals surface area contributed by atoms with Crippen molar-refractivity contribution in [3.05, 3.63) is 123 Å². The van der Waals surface area contributed by atoms with Crippen molar-refractivity contribution in [2.75, 3.05) is 6.61 Å². The average molecular weight is 721 g/mol. The fourth-order valence-corrected chi connectivity index (χ4v) is 9.49. The van der Waals surface area contributed by atoms with Gasteiger partial charge in [-0.1, -0.05) is 80.6 Å². The first kappa shape index (κ1) is 34.9. The number of nitrogens with zero attached hydrogens (tertiary/aromatic N) is 2. The van der Waals surface area contributed by atoms with Crippen LogP contribution in [0.3, 0.4) is 0 Å². The molecule has 0 aliphatic carbocycles. The molecule has 5 heterocycles. The van der Waals surface area contributed by atoms with E-state index in [1.165, 1.54) is 6.26 Å². The summed E-state index contributed by atoms with van der Waals surface area (Å²) in [5, 5.41) is 1.04. The Bertz CT molecular complexity index is 2210. The Morgan fingerprint density at radius 2 is 1.75 bits per heavy atom. The second kappa shape index (κ2) is 14.3. The van der Waals surface area contributed by atoms with Crippen molar-refractivity contribution in [3.8, 4) is 11.4 Å². The lowest BCUT2D eigenvalue weighted by atomic mass is 9.85. The Kier molecular flexibility index (Phi) is 9.58. The maximum Gasteiger partial charge on any atom is 0.510 e. The Labute approximate surface area is 301 Å². The van der Waals surface area contributed by atoms with E-state index < -0.39 is 31.8 Å². The molecule has 2 aliphatic heterocycles. The molecule has 0 N–H and O–H groups in total. The second-order valence-electron chi connectivity index (χ2n) is 14.0. The highest BCUT2D eigenvalue weighted by atomic mass is 28.3. The molecule has 2 aliphatic rings. The highest BCUT2D eigenvalue weighted by molar-refractivity contribution is 6.77. The molecular formula is C40H40N2O9Si. The number of para-hydroxylation sites is 1. The molecule has 3 aromatic heterocycles. The van der Waals surface area contributed by atoms with Crippen molar-refractivity contribution in [2.24, 2.45) is 0 Å². The fourth-order valence-electron chi connectivity index (χ4n) is 7.21. The van der Waals surface area contributed by atoms with Crippen LogP contribution in [-0.4, -0.2) is 42.3 Å². The number of aryl methyl sites for hydroxylation is 1. The first-order chi connectivity index (χ1) is 25.1. The van der Waals surface area contributed by atoms with Crippen molar-refractivity contribution >= 4 is 37.1 Å². The van der Waals surface area contributed by atoms with Gasteiger partial charge in [-0.05, 0) is 54.7 Å². The monoisotopic (exact) mass is 720 g/mol. The number of hydrogen-bond donors (Lipinski definition) is 0. The van der Waals surface area contributed by atoms with Crippen LogP contribution in [0.15, 0.2) is 88.3 Å². The van der Waals surface area contributed by atoms with Gasteiger partial charge in [-0.15, -0.1) is 0 Å². The van der Waals surface area contributed by atoms with Crippen molar-refractivity contribution < 1.29 is 37.7 Å². The Balaban J connectivity index is 1.16. The first-order valence-electron chi connectivity index (χ1n) is 17.6. The van der Waals surface area contributed by atoms with Gasteiger partial charge in [0.15, 0.2) is 0 Å². The molecule has 0 bridgehead atoms. The van der Waals surface area contributed by atoms with Crippen LogP contribution >= 0.6 is 0 Å². The number of carbonyl (C=O) groups excluding carboxylic acids is 3. The van der Waals surface area contributed by atoms with E-state index >= 15 is 0 Å². The lowest BCUT2D eigenvalue weighted by Gasteiger charge is -2.35. The van der Waals surface area contributed by atoms with Gasteiger partial charge in [0.2, 0.25) is 11.4 Å². The number of carbonyl (C=O) groups is 3. The minimum absolute atomic E-state index is 0.0349. The molecule has 0 unspecified atom stereocenters. The molecule has 52 heavy (non-hydrogen) atoms. The molecule has 268 valence electrons. The number of fused-ring (bicyclic) bond motifs is 5. The molecular weight excluding hydrogens is 681 g/mol. The zero-order valence-electron chi connectivity index (χ0n) is 29.4. The summed E-state index contributed by atoms with van der Waals surface area (Å²) in [5.74, 6) is -1.01. The van der Waals surface area contributed by atoms with Crippen molar-refractivity contribution in [2.45, 2.75) is 76.7 Å². The van der Waals surface area contributed by atoms with Gasteiger partial charge in [0, 0.05) is 24.6 Å². The molecule has 0 saturated heterocycles. The van der Waals surface area contributed by atoms with E-state index in [0.29, 0.717) is 30.1 Å². The maximum atomic E-state index is 14.2. The zero-order valence-corrected chi connectivity index (χ0v) is 30.4. The maximum absolute atomic E-state index is 14.2. The molecule has 0 spiro atoms. The number of hydrogen-bond acceptors (Lipinski definition) is 10. The van der Waals surface area contributed by atoms with E-state index in [9.17, 15) is 19.2 Å². The quantitative estimate of drug-likeness (QED) is 0.0540. The van der Waals surface area contributed by atoms with Gasteiger partial charge in [0.05, 0.1) is 41.9 Å². The molecule has 0 radical (unpaired) electrons. The van der Waals surface area contributed by atoms with E-state index in [-0.39, 0.29) is 36.5 Å². The Hall–Kier alpha value is -5.49. The summed E-state index contributed by atoms with van der Waals surface area (Å²) in [4.78, 5) is 58.0. The second-order valence-corrected chi connectivity index (χ2v) is 19.3. The number of cyclic esters (lactones) is 1. The summed E-state index contributed by atoms with van der Waals surface area (Å²) in [5.41, 5.74) is 3.30. The number of ether oxygens (including phenoxy) is 4. The summed E-state index contributed by atoms with van der Waals surface area (Å²) in [6.45, 7) is 6.76. The van der Waals surface area contributed by atoms with Gasteiger partial charge in [-0.25, -0.2) is 19.4 Å². The lowest BCUT2D eigenvalue weighted by Crippen LogP contribution is -2.47. The fraction of sp³-hybridized carbons (Fsp3) is 0.325. The molecule has 5 aromatic rings. The van der Waals surface area contributed by atoms with Crippen LogP contribution in [-0.2, 0) is 55.5 Å². The van der Waals surface area contributed by atoms with Crippen molar-refractivity contribution in [1.29, 1.82) is 0 Å². The predicted molar refractivity (Wildman–Crippen MR) is 194 cm³/mol. The third kappa shape index (κ3) is 6.66. The van der Waals surface area contributed by atoms with Crippen molar-refractivity contribution in [1.82, 2.24) is 9.55 Å². The minimum Gasteiger partial charge on any atom is -0.460 e. The molecule has 2 aromatic carbocycles. The minimum atomic E-state index is -1.86. The van der Waals surface area contributed by atoms with E-state index in [1.54, 1.807) is 29.7 Å². The molecule has 0 fully saturated rings. The number of aromatic nitrogens is 2. The number of furan rings is 1. The van der Waals surface area contributed by atoms with Gasteiger partial charge < -0.3 is 27.9 Å². The highest BCUT2D eigenvalue weighted by Gasteiger charge is 2.51. The Morgan fingerprint density at radius 1 is 0.962 bits per heavy atom. The SMILES string of the molecule is CC[C@@]1(OC(=O)OCc2ccccc2)C(=O)OCc2c1cc1n(c2=O)Cc2c-1nc1ccccc1c2CC[Si](C)(C)CCCOC(=O)c1ccco1. The topological polar surface area (TPSA) is 136 Å². The van der Waals surface area contributed by atoms with Gasteiger partial charge in [0.25, 0.3) is 5.56 Å². The number of benzene rings is 2. The third-order valence-corrected chi connectivity index (χ3v) is 13.5. The van der Waals surface area contributed by atoms with Gasteiger partial charge in [-0.2, -0.15) is 0 Å². The molecule has 0 amide bonds. The number of esters is 2.